The molecule has 2 rings (SSSR count). The number of halogens is 1. The molecule has 1 fully saturated rings. The second-order valence-corrected chi connectivity index (χ2v) is 6.00. The number of likely N-dealkylation sites (tertiary alicyclic amines) is 1. The second-order valence-electron chi connectivity index (χ2n) is 5.59. The smallest absolute Gasteiger partial charge is 0.339 e. The van der Waals surface area contributed by atoms with Gasteiger partial charge in [0.05, 0.1) is 10.7 Å². The van der Waals surface area contributed by atoms with E-state index in [1.807, 2.05) is 0 Å². The number of carboxylic acids is 1. The Morgan fingerprint density at radius 2 is 2.30 bits per heavy atom. The highest BCUT2D eigenvalue weighted by atomic mass is 35.5. The third-order valence-corrected chi connectivity index (χ3v) is 4.17. The van der Waals surface area contributed by atoms with E-state index >= 15 is 0 Å². The monoisotopic (exact) mass is 296 g/mol. The van der Waals surface area contributed by atoms with E-state index in [1.165, 1.54) is 0 Å². The third-order valence-electron chi connectivity index (χ3n) is 3.86. The van der Waals surface area contributed by atoms with Crippen LogP contribution in [0.2, 0.25) is 5.02 Å². The van der Waals surface area contributed by atoms with Gasteiger partial charge in [0.15, 0.2) is 0 Å². The summed E-state index contributed by atoms with van der Waals surface area (Å²) < 4.78 is 0. The predicted molar refractivity (Wildman–Crippen MR) is 81.7 cm³/mol. The van der Waals surface area contributed by atoms with Crippen molar-refractivity contribution >= 4 is 23.3 Å². The summed E-state index contributed by atoms with van der Waals surface area (Å²) in [5.74, 6) is -0.439. The average Bonchev–Trinajstić information content (AvgIpc) is 2.84. The highest BCUT2D eigenvalue weighted by Crippen LogP contribution is 2.25. The molecule has 0 aliphatic carbocycles. The number of hydrogen-bond donors (Lipinski definition) is 2. The summed E-state index contributed by atoms with van der Waals surface area (Å²) in [7, 11) is 0. The van der Waals surface area contributed by atoms with E-state index in [-0.39, 0.29) is 10.6 Å². The first kappa shape index (κ1) is 15.1. The third kappa shape index (κ3) is 3.44. The van der Waals surface area contributed by atoms with Crippen molar-refractivity contribution in [3.8, 4) is 0 Å². The largest absolute Gasteiger partial charge is 0.478 e. The summed E-state index contributed by atoms with van der Waals surface area (Å²) in [6.45, 7) is 7.37. The van der Waals surface area contributed by atoms with Crippen LogP contribution in [0.3, 0.4) is 0 Å². The van der Waals surface area contributed by atoms with E-state index < -0.39 is 5.97 Å². The fraction of sp³-hybridized carbons (Fsp3) is 0.533. The van der Waals surface area contributed by atoms with Gasteiger partial charge in [0, 0.05) is 19.1 Å². The molecule has 1 saturated heterocycles. The Morgan fingerprint density at radius 3 is 2.90 bits per heavy atom. The zero-order valence-corrected chi connectivity index (χ0v) is 12.7. The van der Waals surface area contributed by atoms with E-state index in [9.17, 15) is 9.90 Å². The highest BCUT2D eigenvalue weighted by Gasteiger charge is 2.24. The van der Waals surface area contributed by atoms with E-state index in [0.29, 0.717) is 17.6 Å². The molecule has 0 spiro atoms. The molecule has 1 aromatic carbocycles. The van der Waals surface area contributed by atoms with Crippen molar-refractivity contribution in [1.29, 1.82) is 0 Å². The molecule has 1 atom stereocenters. The van der Waals surface area contributed by atoms with Crippen LogP contribution in [0, 0.1) is 5.92 Å². The first-order valence-electron chi connectivity index (χ1n) is 6.98. The summed E-state index contributed by atoms with van der Waals surface area (Å²) >= 11 is 5.96. The number of nitrogens with one attached hydrogen (secondary N) is 1. The van der Waals surface area contributed by atoms with Crippen LogP contribution in [0.5, 0.6) is 0 Å². The van der Waals surface area contributed by atoms with Gasteiger partial charge in [-0.25, -0.2) is 4.79 Å². The number of aromatic carboxylic acids is 1. The minimum Gasteiger partial charge on any atom is -0.478 e. The molecule has 1 aliphatic heterocycles. The lowest BCUT2D eigenvalue weighted by Crippen LogP contribution is -2.29. The molecular weight excluding hydrogens is 276 g/mol. The quantitative estimate of drug-likeness (QED) is 0.876. The fourth-order valence-corrected chi connectivity index (χ4v) is 2.90. The van der Waals surface area contributed by atoms with Gasteiger partial charge < -0.3 is 15.3 Å². The zero-order chi connectivity index (χ0) is 14.7. The number of nitrogens with zero attached hydrogens (tertiary/aromatic N) is 1. The Hall–Kier alpha value is -1.26. The maximum Gasteiger partial charge on any atom is 0.339 e. The summed E-state index contributed by atoms with van der Waals surface area (Å²) in [6.07, 6.45) is 1.15. The van der Waals surface area contributed by atoms with Crippen LogP contribution in [0.15, 0.2) is 18.2 Å². The van der Waals surface area contributed by atoms with Crippen molar-refractivity contribution in [2.24, 2.45) is 5.92 Å². The van der Waals surface area contributed by atoms with E-state index in [2.05, 4.69) is 24.1 Å². The maximum atomic E-state index is 11.2. The van der Waals surface area contributed by atoms with Crippen molar-refractivity contribution in [3.63, 3.8) is 0 Å². The Balaban J connectivity index is 1.98. The molecular formula is C15H21ClN2O2. The van der Waals surface area contributed by atoms with E-state index in [4.69, 9.17) is 11.6 Å². The fourth-order valence-electron chi connectivity index (χ4n) is 2.64. The Kier molecular flexibility index (Phi) is 4.89. The number of benzene rings is 1. The van der Waals surface area contributed by atoms with Gasteiger partial charge in [-0.3, -0.25) is 0 Å². The normalized spacial score (nSPS) is 19.5. The highest BCUT2D eigenvalue weighted by molar-refractivity contribution is 6.34. The lowest BCUT2D eigenvalue weighted by molar-refractivity contribution is 0.0698. The Bertz CT molecular complexity index is 491. The first-order chi connectivity index (χ1) is 9.49. The number of hydrogen-bond acceptors (Lipinski definition) is 3. The van der Waals surface area contributed by atoms with Crippen LogP contribution in [-0.4, -0.2) is 41.7 Å². The molecule has 4 nitrogen and oxygen atoms in total. The molecule has 0 amide bonds. The molecule has 0 saturated carbocycles. The van der Waals surface area contributed by atoms with Crippen molar-refractivity contribution in [3.05, 3.63) is 28.8 Å². The summed E-state index contributed by atoms with van der Waals surface area (Å²) in [5.41, 5.74) is 0.765. The summed E-state index contributed by atoms with van der Waals surface area (Å²) in [6, 6.07) is 5.71. The van der Waals surface area contributed by atoms with Gasteiger partial charge in [-0.05, 0) is 44.9 Å². The molecule has 2 N–H and O–H groups in total. The van der Waals surface area contributed by atoms with Crippen LogP contribution < -0.4 is 5.32 Å². The first-order valence-corrected chi connectivity index (χ1v) is 7.36. The van der Waals surface area contributed by atoms with Gasteiger partial charge in [-0.1, -0.05) is 17.7 Å². The van der Waals surface area contributed by atoms with Crippen LogP contribution in [0.4, 0.5) is 5.69 Å². The van der Waals surface area contributed by atoms with E-state index in [0.717, 1.165) is 26.1 Å². The molecule has 1 aliphatic rings. The number of anilines is 1. The van der Waals surface area contributed by atoms with E-state index in [1.54, 1.807) is 18.2 Å². The van der Waals surface area contributed by atoms with Crippen molar-refractivity contribution in [2.45, 2.75) is 26.3 Å². The lowest BCUT2D eigenvalue weighted by atomic mass is 10.1. The summed E-state index contributed by atoms with van der Waals surface area (Å²) in [5, 5.41) is 12.7. The molecule has 110 valence electrons. The van der Waals surface area contributed by atoms with Gasteiger partial charge in [0.1, 0.15) is 5.56 Å². The van der Waals surface area contributed by atoms with Crippen LogP contribution in [0.25, 0.3) is 0 Å². The van der Waals surface area contributed by atoms with Crippen LogP contribution in [-0.2, 0) is 0 Å². The molecule has 0 aromatic heterocycles. The molecule has 20 heavy (non-hydrogen) atoms. The molecule has 0 bridgehead atoms. The van der Waals surface area contributed by atoms with Crippen molar-refractivity contribution < 1.29 is 9.90 Å². The van der Waals surface area contributed by atoms with Crippen LogP contribution in [0.1, 0.15) is 30.6 Å². The SMILES string of the molecule is CC(C)N1CCC(CNc2cccc(Cl)c2C(=O)O)C1. The summed E-state index contributed by atoms with van der Waals surface area (Å²) in [4.78, 5) is 13.7. The molecule has 0 radical (unpaired) electrons. The predicted octanol–water partition coefficient (Wildman–Crippen LogP) is 3.18. The maximum absolute atomic E-state index is 11.2. The number of carboxylic acid groups (broad SMARTS) is 1. The molecule has 1 unspecified atom stereocenters. The van der Waals surface area contributed by atoms with Gasteiger partial charge >= 0.3 is 5.97 Å². The topological polar surface area (TPSA) is 52.6 Å². The zero-order valence-electron chi connectivity index (χ0n) is 11.9. The molecule has 1 heterocycles. The molecule has 1 aromatic rings. The van der Waals surface area contributed by atoms with Gasteiger partial charge in [-0.2, -0.15) is 0 Å². The van der Waals surface area contributed by atoms with Gasteiger partial charge in [0.25, 0.3) is 0 Å². The lowest BCUT2D eigenvalue weighted by Gasteiger charge is -2.20. The Labute approximate surface area is 124 Å². The minimum absolute atomic E-state index is 0.160. The Morgan fingerprint density at radius 1 is 1.55 bits per heavy atom. The average molecular weight is 297 g/mol. The minimum atomic E-state index is -0.992. The second kappa shape index (κ2) is 6.46. The molecule has 5 heteroatoms. The number of carbonyl (C=O) groups is 1. The standard InChI is InChI=1S/C15H21ClN2O2/c1-10(2)18-7-6-11(9-18)8-17-13-5-3-4-12(16)14(13)15(19)20/h3-5,10-11,17H,6-9H2,1-2H3,(H,19,20). The van der Waals surface area contributed by atoms with Crippen molar-refractivity contribution in [1.82, 2.24) is 4.90 Å². The van der Waals surface area contributed by atoms with Crippen LogP contribution >= 0.6 is 11.6 Å². The number of rotatable bonds is 5. The van der Waals surface area contributed by atoms with Gasteiger partial charge in [0.2, 0.25) is 0 Å². The van der Waals surface area contributed by atoms with Gasteiger partial charge in [-0.15, -0.1) is 0 Å². The van der Waals surface area contributed by atoms with Crippen molar-refractivity contribution in [2.75, 3.05) is 25.0 Å².